The van der Waals surface area contributed by atoms with Gasteiger partial charge in [0.1, 0.15) is 11.5 Å². The third kappa shape index (κ3) is 4.68. The first-order chi connectivity index (χ1) is 16.8. The van der Waals surface area contributed by atoms with Crippen LogP contribution in [0.1, 0.15) is 26.3 Å². The molecular weight excluding hydrogens is 443 g/mol. The molecule has 3 aromatic heterocycles. The van der Waals surface area contributed by atoms with E-state index in [1.54, 1.807) is 29.2 Å². The van der Waals surface area contributed by atoms with E-state index in [1.165, 1.54) is 12.1 Å². The largest absolute Gasteiger partial charge is 0.324 e. The quantitative estimate of drug-likeness (QED) is 0.373. The van der Waals surface area contributed by atoms with Crippen LogP contribution < -0.4 is 5.32 Å². The number of hydrogen-bond donors (Lipinski definition) is 1. The Morgan fingerprint density at radius 3 is 2.46 bits per heavy atom. The zero-order chi connectivity index (χ0) is 24.6. The number of benzene rings is 2. The fourth-order valence-electron chi connectivity index (χ4n) is 3.74. The van der Waals surface area contributed by atoms with Crippen LogP contribution in [0.2, 0.25) is 0 Å². The normalized spacial score (nSPS) is 11.7. The maximum atomic E-state index is 13.6. The third-order valence-electron chi connectivity index (χ3n) is 5.64. The minimum absolute atomic E-state index is 0.124. The molecule has 176 valence electrons. The van der Waals surface area contributed by atoms with Gasteiger partial charge in [0, 0.05) is 17.5 Å². The number of nitrogens with zero attached hydrogens (tertiary/aromatic N) is 5. The van der Waals surface area contributed by atoms with Gasteiger partial charge in [0.05, 0.1) is 23.9 Å². The van der Waals surface area contributed by atoms with E-state index in [0.717, 1.165) is 16.8 Å². The number of carbonyl (C=O) groups is 1. The molecule has 0 fully saturated rings. The van der Waals surface area contributed by atoms with Crippen LogP contribution in [-0.2, 0) is 11.3 Å². The van der Waals surface area contributed by atoms with Gasteiger partial charge in [-0.05, 0) is 42.0 Å². The fourth-order valence-corrected chi connectivity index (χ4v) is 3.74. The van der Waals surface area contributed by atoms with E-state index in [0.29, 0.717) is 29.4 Å². The average molecular weight is 469 g/mol. The topological polar surface area (TPSA) is 77.1 Å². The number of fused-ring (bicyclic) bond motifs is 1. The summed E-state index contributed by atoms with van der Waals surface area (Å²) in [6, 6.07) is 20.1. The lowest BCUT2D eigenvalue weighted by atomic mass is 9.96. The van der Waals surface area contributed by atoms with Crippen molar-refractivity contribution in [1.29, 1.82) is 0 Å². The molecule has 5 aromatic rings. The molecule has 2 aromatic carbocycles. The van der Waals surface area contributed by atoms with Crippen LogP contribution in [0.5, 0.6) is 0 Å². The monoisotopic (exact) mass is 468 g/mol. The Balaban J connectivity index is 1.58. The Morgan fingerprint density at radius 1 is 1.00 bits per heavy atom. The predicted molar refractivity (Wildman–Crippen MR) is 133 cm³/mol. The molecule has 3 heterocycles. The van der Waals surface area contributed by atoms with Gasteiger partial charge in [-0.2, -0.15) is 5.10 Å². The molecule has 0 aliphatic heterocycles. The summed E-state index contributed by atoms with van der Waals surface area (Å²) in [5.41, 5.74) is 4.16. The van der Waals surface area contributed by atoms with Crippen LogP contribution in [0.4, 0.5) is 10.2 Å². The second-order valence-corrected chi connectivity index (χ2v) is 9.41. The summed E-state index contributed by atoms with van der Waals surface area (Å²) in [4.78, 5) is 21.5. The van der Waals surface area contributed by atoms with Gasteiger partial charge >= 0.3 is 0 Å². The van der Waals surface area contributed by atoms with E-state index in [-0.39, 0.29) is 11.7 Å². The van der Waals surface area contributed by atoms with Crippen LogP contribution in [0, 0.1) is 11.2 Å². The summed E-state index contributed by atoms with van der Waals surface area (Å²) in [6.07, 6.45) is 3.47. The van der Waals surface area contributed by atoms with Crippen LogP contribution in [0.25, 0.3) is 28.3 Å². The lowest BCUT2D eigenvalue weighted by molar-refractivity contribution is -0.123. The highest BCUT2D eigenvalue weighted by Gasteiger charge is 2.22. The minimum atomic E-state index is -0.539. The van der Waals surface area contributed by atoms with Crippen LogP contribution in [-0.4, -0.2) is 30.1 Å². The van der Waals surface area contributed by atoms with Crippen molar-refractivity contribution in [1.82, 2.24) is 24.1 Å². The molecule has 0 unspecified atom stereocenters. The van der Waals surface area contributed by atoms with Crippen molar-refractivity contribution in [2.24, 2.45) is 5.41 Å². The van der Waals surface area contributed by atoms with Gasteiger partial charge in [0.15, 0.2) is 11.5 Å². The Labute approximate surface area is 202 Å². The third-order valence-corrected chi connectivity index (χ3v) is 5.64. The van der Waals surface area contributed by atoms with Gasteiger partial charge in [-0.25, -0.2) is 18.9 Å². The number of carbonyl (C=O) groups excluding carboxylic acids is 1. The number of amides is 1. The molecule has 7 nitrogen and oxygen atoms in total. The number of nitrogens with one attached hydrogen (secondary N) is 1. The smallest absolute Gasteiger partial charge is 0.230 e. The number of halogens is 1. The molecule has 0 aliphatic rings. The summed E-state index contributed by atoms with van der Waals surface area (Å²) in [5, 5.41) is 7.63. The number of hydrogen-bond acceptors (Lipinski definition) is 4. The minimum Gasteiger partial charge on any atom is -0.324 e. The SMILES string of the molecule is CC(C)(C)C(=O)Nc1cn2nc(-c3c(-c4ccc(F)cc4)ncn3Cc3ccccc3)ccc2n1. The Hall–Kier alpha value is -4.33. The van der Waals surface area contributed by atoms with Crippen LogP contribution in [0.15, 0.2) is 79.3 Å². The molecule has 0 saturated heterocycles. The van der Waals surface area contributed by atoms with Crippen molar-refractivity contribution in [3.05, 3.63) is 90.6 Å². The first-order valence-corrected chi connectivity index (χ1v) is 11.3. The summed E-state index contributed by atoms with van der Waals surface area (Å²) in [5.74, 6) is 0.00796. The van der Waals surface area contributed by atoms with Gasteiger partial charge in [-0.1, -0.05) is 51.1 Å². The first kappa shape index (κ1) is 22.5. The van der Waals surface area contributed by atoms with Crippen molar-refractivity contribution >= 4 is 17.4 Å². The lowest BCUT2D eigenvalue weighted by Gasteiger charge is -2.15. The molecule has 0 atom stereocenters. The number of imidazole rings is 2. The average Bonchev–Trinajstić information content (AvgIpc) is 3.42. The Morgan fingerprint density at radius 2 is 1.74 bits per heavy atom. The van der Waals surface area contributed by atoms with Crippen LogP contribution in [0.3, 0.4) is 0 Å². The molecule has 8 heteroatoms. The van der Waals surface area contributed by atoms with E-state index in [1.807, 2.05) is 55.7 Å². The number of rotatable bonds is 5. The van der Waals surface area contributed by atoms with Crippen LogP contribution >= 0.6 is 0 Å². The zero-order valence-corrected chi connectivity index (χ0v) is 19.7. The Kier molecular flexibility index (Phi) is 5.64. The highest BCUT2D eigenvalue weighted by molar-refractivity contribution is 5.93. The van der Waals surface area contributed by atoms with Gasteiger partial charge in [0.25, 0.3) is 0 Å². The zero-order valence-electron chi connectivity index (χ0n) is 19.7. The second kappa shape index (κ2) is 8.79. The highest BCUT2D eigenvalue weighted by atomic mass is 19.1. The maximum absolute atomic E-state index is 13.6. The molecule has 35 heavy (non-hydrogen) atoms. The summed E-state index contributed by atoms with van der Waals surface area (Å²) in [7, 11) is 0. The van der Waals surface area contributed by atoms with Crippen molar-refractivity contribution in [2.75, 3.05) is 5.32 Å². The second-order valence-electron chi connectivity index (χ2n) is 9.41. The van der Waals surface area contributed by atoms with Gasteiger partial charge in [-0.15, -0.1) is 0 Å². The van der Waals surface area contributed by atoms with Crippen molar-refractivity contribution < 1.29 is 9.18 Å². The molecule has 0 saturated carbocycles. The molecule has 0 radical (unpaired) electrons. The standard InChI is InChI=1S/C27H25FN6O/c1-27(2,3)26(35)31-22-16-34-23(30-22)14-13-21(32-34)25-24(19-9-11-20(28)12-10-19)29-17-33(25)15-18-7-5-4-6-8-18/h4-14,16-17H,15H2,1-3H3,(H,31,35). The van der Waals surface area contributed by atoms with Crippen molar-refractivity contribution in [2.45, 2.75) is 27.3 Å². The molecule has 0 bridgehead atoms. The van der Waals surface area contributed by atoms with E-state index in [4.69, 9.17) is 5.10 Å². The van der Waals surface area contributed by atoms with Crippen molar-refractivity contribution in [3.63, 3.8) is 0 Å². The summed E-state index contributed by atoms with van der Waals surface area (Å²) in [6.45, 7) is 6.14. The molecule has 5 rings (SSSR count). The summed E-state index contributed by atoms with van der Waals surface area (Å²) < 4.78 is 17.3. The molecule has 1 N–H and O–H groups in total. The lowest BCUT2D eigenvalue weighted by Crippen LogP contribution is -2.27. The Bertz CT molecular complexity index is 1500. The molecule has 0 spiro atoms. The number of anilines is 1. The maximum Gasteiger partial charge on any atom is 0.230 e. The number of aromatic nitrogens is 5. The predicted octanol–water partition coefficient (Wildman–Crippen LogP) is 5.43. The van der Waals surface area contributed by atoms with E-state index < -0.39 is 5.41 Å². The summed E-state index contributed by atoms with van der Waals surface area (Å²) >= 11 is 0. The van der Waals surface area contributed by atoms with E-state index in [2.05, 4.69) is 27.4 Å². The van der Waals surface area contributed by atoms with E-state index >= 15 is 0 Å². The van der Waals surface area contributed by atoms with Gasteiger partial charge in [-0.3, -0.25) is 4.79 Å². The highest BCUT2D eigenvalue weighted by Crippen LogP contribution is 2.31. The first-order valence-electron chi connectivity index (χ1n) is 11.3. The molecule has 0 aliphatic carbocycles. The molecular formula is C27H25FN6O. The van der Waals surface area contributed by atoms with Gasteiger partial charge < -0.3 is 9.88 Å². The van der Waals surface area contributed by atoms with Gasteiger partial charge in [0.2, 0.25) is 5.91 Å². The van der Waals surface area contributed by atoms with E-state index in [9.17, 15) is 9.18 Å². The molecule has 1 amide bonds. The van der Waals surface area contributed by atoms with Crippen molar-refractivity contribution in [3.8, 4) is 22.6 Å². The fraction of sp³-hybridized carbons (Fsp3) is 0.185.